The van der Waals surface area contributed by atoms with Crippen LogP contribution in [0.3, 0.4) is 0 Å². The predicted molar refractivity (Wildman–Crippen MR) is 106 cm³/mol. The summed E-state index contributed by atoms with van der Waals surface area (Å²) in [7, 11) is 1.45. The minimum absolute atomic E-state index is 0.211. The Hall–Kier alpha value is -1.64. The lowest BCUT2D eigenvalue weighted by Gasteiger charge is -2.12. The van der Waals surface area contributed by atoms with Gasteiger partial charge in [0.15, 0.2) is 0 Å². The first-order valence-corrected chi connectivity index (χ1v) is 9.83. The molecule has 1 heterocycles. The number of rotatable bonds is 4. The molecule has 0 radical (unpaired) electrons. The number of amides is 2. The zero-order chi connectivity index (χ0) is 18.8. The molecule has 134 valence electrons. The van der Waals surface area contributed by atoms with Crippen molar-refractivity contribution in [1.29, 1.82) is 0 Å². The van der Waals surface area contributed by atoms with E-state index in [1.807, 2.05) is 0 Å². The summed E-state index contributed by atoms with van der Waals surface area (Å²) in [6, 6.07) is 9.77. The number of ether oxygens (including phenoxy) is 1. The summed E-state index contributed by atoms with van der Waals surface area (Å²) in [4.78, 5) is 25.0. The second-order valence-corrected chi connectivity index (χ2v) is 8.17. The molecule has 0 aromatic heterocycles. The number of carbonyl (C=O) groups is 2. The largest absolute Gasteiger partial charge is 0.487 e. The van der Waals surface area contributed by atoms with Crippen LogP contribution in [0.2, 0.25) is 0 Å². The van der Waals surface area contributed by atoms with Gasteiger partial charge in [-0.05, 0) is 85.1 Å². The van der Waals surface area contributed by atoms with Crippen molar-refractivity contribution in [3.63, 3.8) is 0 Å². The molecule has 1 aliphatic rings. The van der Waals surface area contributed by atoms with E-state index in [2.05, 4.69) is 31.9 Å². The Morgan fingerprint density at radius 1 is 1.19 bits per heavy atom. The SMILES string of the molecule is CN1C(=O)S/C(=C\c2cc(Br)c(OCc3cccc(F)c3)c(Br)c2)C1=O. The van der Waals surface area contributed by atoms with Crippen LogP contribution in [0.25, 0.3) is 6.08 Å². The molecule has 1 saturated heterocycles. The van der Waals surface area contributed by atoms with E-state index in [-0.39, 0.29) is 23.6 Å². The first kappa shape index (κ1) is 19.1. The summed E-state index contributed by atoms with van der Waals surface area (Å²) in [5, 5.41) is -0.297. The Labute approximate surface area is 170 Å². The van der Waals surface area contributed by atoms with Crippen molar-refractivity contribution in [3.8, 4) is 5.75 Å². The first-order valence-electron chi connectivity index (χ1n) is 7.43. The van der Waals surface area contributed by atoms with E-state index in [1.165, 1.54) is 19.2 Å². The molecule has 0 N–H and O–H groups in total. The topological polar surface area (TPSA) is 46.6 Å². The van der Waals surface area contributed by atoms with Crippen LogP contribution in [0, 0.1) is 5.82 Å². The van der Waals surface area contributed by atoms with Gasteiger partial charge >= 0.3 is 0 Å². The van der Waals surface area contributed by atoms with Crippen LogP contribution in [-0.2, 0) is 11.4 Å². The Kier molecular flexibility index (Phi) is 5.84. The van der Waals surface area contributed by atoms with Crippen molar-refractivity contribution >= 4 is 60.8 Å². The zero-order valence-corrected chi connectivity index (χ0v) is 17.5. The molecule has 0 bridgehead atoms. The second-order valence-electron chi connectivity index (χ2n) is 5.47. The molecule has 8 heteroatoms. The average Bonchev–Trinajstić information content (AvgIpc) is 2.81. The highest BCUT2D eigenvalue weighted by atomic mass is 79.9. The summed E-state index contributed by atoms with van der Waals surface area (Å²) < 4.78 is 20.4. The number of likely N-dealkylation sites (N-methyl/N-ethyl adjacent to an activating group) is 1. The number of hydrogen-bond acceptors (Lipinski definition) is 4. The van der Waals surface area contributed by atoms with Gasteiger partial charge in [0.05, 0.1) is 13.9 Å². The summed E-state index contributed by atoms with van der Waals surface area (Å²) in [5.41, 5.74) is 1.45. The van der Waals surface area contributed by atoms with E-state index in [0.29, 0.717) is 25.2 Å². The van der Waals surface area contributed by atoms with Gasteiger partial charge in [0.1, 0.15) is 18.2 Å². The van der Waals surface area contributed by atoms with E-state index in [4.69, 9.17) is 4.74 Å². The molecule has 1 aliphatic heterocycles. The van der Waals surface area contributed by atoms with Crippen LogP contribution in [0.5, 0.6) is 5.75 Å². The van der Waals surface area contributed by atoms with Gasteiger partial charge in [-0.25, -0.2) is 4.39 Å². The minimum atomic E-state index is -0.321. The monoisotopic (exact) mass is 499 g/mol. The molecular weight excluding hydrogens is 489 g/mol. The van der Waals surface area contributed by atoms with Crippen molar-refractivity contribution < 1.29 is 18.7 Å². The third kappa shape index (κ3) is 4.19. The summed E-state index contributed by atoms with van der Waals surface area (Å²) in [6.07, 6.45) is 1.65. The van der Waals surface area contributed by atoms with Gasteiger partial charge in [-0.3, -0.25) is 14.5 Å². The Morgan fingerprint density at radius 3 is 2.46 bits per heavy atom. The van der Waals surface area contributed by atoms with E-state index in [9.17, 15) is 14.0 Å². The van der Waals surface area contributed by atoms with Crippen LogP contribution in [-0.4, -0.2) is 23.1 Å². The maximum absolute atomic E-state index is 13.2. The number of nitrogens with zero attached hydrogens (tertiary/aromatic N) is 1. The molecule has 0 unspecified atom stereocenters. The van der Waals surface area contributed by atoms with Crippen LogP contribution < -0.4 is 4.74 Å². The molecule has 3 rings (SSSR count). The average molecular weight is 501 g/mol. The van der Waals surface area contributed by atoms with Crippen molar-refractivity contribution in [2.45, 2.75) is 6.61 Å². The van der Waals surface area contributed by atoms with Gasteiger partial charge in [-0.15, -0.1) is 0 Å². The number of carbonyl (C=O) groups excluding carboxylic acids is 2. The lowest BCUT2D eigenvalue weighted by molar-refractivity contribution is -0.121. The van der Waals surface area contributed by atoms with Gasteiger partial charge in [0, 0.05) is 7.05 Å². The van der Waals surface area contributed by atoms with Gasteiger partial charge in [-0.2, -0.15) is 0 Å². The highest BCUT2D eigenvalue weighted by molar-refractivity contribution is 9.11. The Bertz CT molecular complexity index is 909. The summed E-state index contributed by atoms with van der Waals surface area (Å²) in [5.74, 6) is -0.0712. The number of imide groups is 1. The third-order valence-electron chi connectivity index (χ3n) is 3.58. The van der Waals surface area contributed by atoms with E-state index < -0.39 is 0 Å². The fourth-order valence-electron chi connectivity index (χ4n) is 2.28. The quantitative estimate of drug-likeness (QED) is 0.513. The van der Waals surface area contributed by atoms with Gasteiger partial charge in [0.25, 0.3) is 11.1 Å². The number of thioether (sulfide) groups is 1. The van der Waals surface area contributed by atoms with Crippen LogP contribution in [0.15, 0.2) is 50.2 Å². The van der Waals surface area contributed by atoms with E-state index in [1.54, 1.807) is 30.3 Å². The highest BCUT2D eigenvalue weighted by Gasteiger charge is 2.31. The fraction of sp³-hybridized carbons (Fsp3) is 0.111. The molecule has 0 spiro atoms. The molecule has 0 saturated carbocycles. The normalized spacial score (nSPS) is 15.8. The van der Waals surface area contributed by atoms with Crippen molar-refractivity contribution in [2.24, 2.45) is 0 Å². The highest BCUT2D eigenvalue weighted by Crippen LogP contribution is 2.37. The predicted octanol–water partition coefficient (Wildman–Crippen LogP) is 5.60. The van der Waals surface area contributed by atoms with Crippen LogP contribution in [0.4, 0.5) is 9.18 Å². The molecule has 26 heavy (non-hydrogen) atoms. The first-order chi connectivity index (χ1) is 12.3. The summed E-state index contributed by atoms with van der Waals surface area (Å²) in [6.45, 7) is 0.211. The van der Waals surface area contributed by atoms with Crippen molar-refractivity contribution in [3.05, 3.63) is 67.2 Å². The van der Waals surface area contributed by atoms with Crippen LogP contribution in [0.1, 0.15) is 11.1 Å². The maximum atomic E-state index is 13.2. The van der Waals surface area contributed by atoms with Gasteiger partial charge in [-0.1, -0.05) is 12.1 Å². The number of benzene rings is 2. The maximum Gasteiger partial charge on any atom is 0.293 e. The number of hydrogen-bond donors (Lipinski definition) is 0. The Balaban J connectivity index is 1.80. The third-order valence-corrected chi connectivity index (χ3v) is 5.72. The molecule has 0 atom stereocenters. The van der Waals surface area contributed by atoms with Gasteiger partial charge in [0.2, 0.25) is 0 Å². The fourth-order valence-corrected chi connectivity index (χ4v) is 4.56. The smallest absolute Gasteiger partial charge is 0.293 e. The molecule has 2 aromatic carbocycles. The van der Waals surface area contributed by atoms with E-state index in [0.717, 1.165) is 22.2 Å². The van der Waals surface area contributed by atoms with Gasteiger partial charge < -0.3 is 4.74 Å². The van der Waals surface area contributed by atoms with Crippen LogP contribution >= 0.6 is 43.6 Å². The second kappa shape index (κ2) is 7.94. The molecule has 2 amide bonds. The summed E-state index contributed by atoms with van der Waals surface area (Å²) >= 11 is 7.80. The molecule has 4 nitrogen and oxygen atoms in total. The standard InChI is InChI=1S/C18H12Br2FNO3S/c1-22-17(23)15(26-18(22)24)8-11-6-13(19)16(14(20)7-11)25-9-10-3-2-4-12(21)5-10/h2-8H,9H2,1H3/b15-8-. The Morgan fingerprint density at radius 2 is 1.88 bits per heavy atom. The van der Waals surface area contributed by atoms with Crippen molar-refractivity contribution in [1.82, 2.24) is 4.90 Å². The van der Waals surface area contributed by atoms with E-state index >= 15 is 0 Å². The van der Waals surface area contributed by atoms with Crippen molar-refractivity contribution in [2.75, 3.05) is 7.05 Å². The lowest BCUT2D eigenvalue weighted by atomic mass is 10.2. The molecule has 2 aromatic rings. The molecule has 0 aliphatic carbocycles. The minimum Gasteiger partial charge on any atom is -0.487 e. The number of halogens is 3. The molecule has 1 fully saturated rings. The molecular formula is C18H12Br2FNO3S. The lowest BCUT2D eigenvalue weighted by Crippen LogP contribution is -2.22. The zero-order valence-electron chi connectivity index (χ0n) is 13.5.